The topological polar surface area (TPSA) is 56.5 Å². The van der Waals surface area contributed by atoms with Crippen molar-refractivity contribution in [3.05, 3.63) is 17.9 Å². The lowest BCUT2D eigenvalue weighted by atomic mass is 10.2. The molecule has 0 fully saturated rings. The molecule has 0 aromatic heterocycles. The second kappa shape index (κ2) is 7.18. The molecule has 0 bridgehead atoms. The van der Waals surface area contributed by atoms with Gasteiger partial charge in [0.2, 0.25) is 0 Å². The summed E-state index contributed by atoms with van der Waals surface area (Å²) in [4.78, 5) is 0. The second-order valence-electron chi connectivity index (χ2n) is 3.90. The molecule has 0 aliphatic carbocycles. The van der Waals surface area contributed by atoms with Crippen LogP contribution in [0.3, 0.4) is 0 Å². The van der Waals surface area contributed by atoms with Crippen LogP contribution in [-0.2, 0) is 4.74 Å². The average Bonchev–Trinajstić information content (AvgIpc) is 2.32. The Kier molecular flexibility index (Phi) is 5.87. The number of hydrogen-bond donors (Lipinski definition) is 2. The number of halogens is 4. The van der Waals surface area contributed by atoms with E-state index in [0.717, 1.165) is 6.07 Å². The maximum Gasteiger partial charge on any atom is 0.411 e. The molecule has 1 rings (SSSR count). The van der Waals surface area contributed by atoms with Crippen LogP contribution in [0.2, 0.25) is 0 Å². The number of ether oxygens (including phenoxy) is 2. The fourth-order valence-electron chi connectivity index (χ4n) is 1.43. The summed E-state index contributed by atoms with van der Waals surface area (Å²) in [7, 11) is 0. The summed E-state index contributed by atoms with van der Waals surface area (Å²) in [6.07, 6.45) is -4.35. The Morgan fingerprint density at radius 3 is 2.60 bits per heavy atom. The number of nitrogens with two attached hydrogens (primary N) is 1. The van der Waals surface area contributed by atoms with Gasteiger partial charge in [0.25, 0.3) is 0 Å². The number of anilines is 2. The molecule has 0 unspecified atom stereocenters. The maximum atomic E-state index is 13.4. The van der Waals surface area contributed by atoms with Crippen molar-refractivity contribution < 1.29 is 27.0 Å². The fourth-order valence-corrected chi connectivity index (χ4v) is 1.43. The van der Waals surface area contributed by atoms with Crippen LogP contribution in [0.15, 0.2) is 12.1 Å². The molecule has 0 heterocycles. The molecular weight excluding hydrogens is 280 g/mol. The van der Waals surface area contributed by atoms with Crippen molar-refractivity contribution in [1.82, 2.24) is 0 Å². The van der Waals surface area contributed by atoms with Crippen LogP contribution in [0, 0.1) is 5.82 Å². The molecule has 0 spiro atoms. The van der Waals surface area contributed by atoms with E-state index < -0.39 is 18.6 Å². The third-order valence-corrected chi connectivity index (χ3v) is 2.23. The summed E-state index contributed by atoms with van der Waals surface area (Å²) in [5, 5.41) is 2.76. The third kappa shape index (κ3) is 5.52. The summed E-state index contributed by atoms with van der Waals surface area (Å²) in [6, 6.07) is 2.45. The smallest absolute Gasteiger partial charge is 0.411 e. The summed E-state index contributed by atoms with van der Waals surface area (Å²) >= 11 is 0. The van der Waals surface area contributed by atoms with Crippen molar-refractivity contribution in [3.8, 4) is 5.75 Å². The van der Waals surface area contributed by atoms with Crippen molar-refractivity contribution in [2.75, 3.05) is 37.4 Å². The van der Waals surface area contributed by atoms with Crippen LogP contribution in [0.25, 0.3) is 0 Å². The Morgan fingerprint density at radius 1 is 1.30 bits per heavy atom. The molecule has 4 nitrogen and oxygen atoms in total. The van der Waals surface area contributed by atoms with E-state index in [1.165, 1.54) is 6.07 Å². The Morgan fingerprint density at radius 2 is 2.00 bits per heavy atom. The first-order valence-corrected chi connectivity index (χ1v) is 5.93. The molecular formula is C12H16F4N2O2. The number of nitrogen functional groups attached to an aromatic ring is 1. The number of alkyl halides is 3. The van der Waals surface area contributed by atoms with Gasteiger partial charge in [0.05, 0.1) is 24.6 Å². The van der Waals surface area contributed by atoms with E-state index in [0.29, 0.717) is 5.69 Å². The lowest BCUT2D eigenvalue weighted by molar-refractivity contribution is -0.172. The second-order valence-corrected chi connectivity index (χ2v) is 3.90. The quantitative estimate of drug-likeness (QED) is 0.461. The van der Waals surface area contributed by atoms with Gasteiger partial charge in [0, 0.05) is 18.7 Å². The van der Waals surface area contributed by atoms with Crippen molar-refractivity contribution >= 4 is 11.4 Å². The van der Waals surface area contributed by atoms with Gasteiger partial charge in [0.15, 0.2) is 11.6 Å². The number of rotatable bonds is 7. The van der Waals surface area contributed by atoms with E-state index >= 15 is 0 Å². The SMILES string of the molecule is CCOc1cc(NCCOCC(F)(F)F)c(N)cc1F. The monoisotopic (exact) mass is 296 g/mol. The Labute approximate surface area is 113 Å². The molecule has 0 atom stereocenters. The van der Waals surface area contributed by atoms with Gasteiger partial charge in [-0.1, -0.05) is 0 Å². The molecule has 1 aromatic rings. The zero-order valence-corrected chi connectivity index (χ0v) is 10.9. The third-order valence-electron chi connectivity index (χ3n) is 2.23. The van der Waals surface area contributed by atoms with Crippen LogP contribution >= 0.6 is 0 Å². The van der Waals surface area contributed by atoms with Crippen LogP contribution in [0.1, 0.15) is 6.92 Å². The number of hydrogen-bond acceptors (Lipinski definition) is 4. The molecule has 0 amide bonds. The lowest BCUT2D eigenvalue weighted by Gasteiger charge is -2.13. The van der Waals surface area contributed by atoms with Gasteiger partial charge in [-0.15, -0.1) is 0 Å². The van der Waals surface area contributed by atoms with Gasteiger partial charge >= 0.3 is 6.18 Å². The van der Waals surface area contributed by atoms with Crippen molar-refractivity contribution in [1.29, 1.82) is 0 Å². The van der Waals surface area contributed by atoms with Gasteiger partial charge in [-0.25, -0.2) is 4.39 Å². The van der Waals surface area contributed by atoms with Crippen LogP contribution in [-0.4, -0.2) is 32.5 Å². The minimum Gasteiger partial charge on any atom is -0.491 e. The first-order chi connectivity index (χ1) is 9.33. The van der Waals surface area contributed by atoms with E-state index in [2.05, 4.69) is 10.1 Å². The highest BCUT2D eigenvalue weighted by molar-refractivity contribution is 5.68. The average molecular weight is 296 g/mol. The van der Waals surface area contributed by atoms with E-state index in [9.17, 15) is 17.6 Å². The highest BCUT2D eigenvalue weighted by Crippen LogP contribution is 2.28. The normalized spacial score (nSPS) is 11.4. The molecule has 0 saturated carbocycles. The molecule has 1 aromatic carbocycles. The first kappa shape index (κ1) is 16.4. The molecule has 114 valence electrons. The Hall–Kier alpha value is -1.70. The summed E-state index contributed by atoms with van der Waals surface area (Å²) in [5.74, 6) is -0.566. The molecule has 0 saturated heterocycles. The van der Waals surface area contributed by atoms with E-state index in [1.807, 2.05) is 0 Å². The van der Waals surface area contributed by atoms with E-state index in [1.54, 1.807) is 6.92 Å². The molecule has 0 aliphatic heterocycles. The Bertz CT molecular complexity index is 438. The summed E-state index contributed by atoms with van der Waals surface area (Å²) < 4.78 is 58.4. The zero-order valence-electron chi connectivity index (χ0n) is 10.9. The van der Waals surface area contributed by atoms with Gasteiger partial charge < -0.3 is 20.5 Å². The predicted octanol–water partition coefficient (Wildman–Crippen LogP) is 2.80. The van der Waals surface area contributed by atoms with Gasteiger partial charge in [-0.05, 0) is 6.92 Å². The molecule has 20 heavy (non-hydrogen) atoms. The largest absolute Gasteiger partial charge is 0.491 e. The lowest BCUT2D eigenvalue weighted by Crippen LogP contribution is -2.20. The van der Waals surface area contributed by atoms with Crippen molar-refractivity contribution in [3.63, 3.8) is 0 Å². The van der Waals surface area contributed by atoms with Gasteiger partial charge in [-0.3, -0.25) is 0 Å². The van der Waals surface area contributed by atoms with E-state index in [4.69, 9.17) is 10.5 Å². The van der Waals surface area contributed by atoms with Crippen LogP contribution in [0.4, 0.5) is 28.9 Å². The minimum absolute atomic E-state index is 0.0282. The van der Waals surface area contributed by atoms with Gasteiger partial charge in [-0.2, -0.15) is 13.2 Å². The number of benzene rings is 1. The highest BCUT2D eigenvalue weighted by Gasteiger charge is 2.27. The zero-order chi connectivity index (χ0) is 15.2. The molecule has 8 heteroatoms. The number of nitrogens with one attached hydrogen (secondary N) is 1. The standard InChI is InChI=1S/C12H16F4N2O2/c1-2-20-11-6-10(9(17)5-8(11)13)18-3-4-19-7-12(14,15)16/h5-6,18H,2-4,7,17H2,1H3. The van der Waals surface area contributed by atoms with Crippen molar-refractivity contribution in [2.24, 2.45) is 0 Å². The van der Waals surface area contributed by atoms with E-state index in [-0.39, 0.29) is 31.2 Å². The fraction of sp³-hybridized carbons (Fsp3) is 0.500. The molecule has 0 aliphatic rings. The van der Waals surface area contributed by atoms with Gasteiger partial charge in [0.1, 0.15) is 6.61 Å². The molecule has 0 radical (unpaired) electrons. The Balaban J connectivity index is 2.49. The predicted molar refractivity (Wildman–Crippen MR) is 67.3 cm³/mol. The first-order valence-electron chi connectivity index (χ1n) is 5.93. The summed E-state index contributed by atoms with van der Waals surface area (Å²) in [6.45, 7) is 0.637. The molecule has 3 N–H and O–H groups in total. The summed E-state index contributed by atoms with van der Waals surface area (Å²) in [5.41, 5.74) is 6.11. The maximum absolute atomic E-state index is 13.4. The van der Waals surface area contributed by atoms with Crippen LogP contribution < -0.4 is 15.8 Å². The van der Waals surface area contributed by atoms with Crippen LogP contribution in [0.5, 0.6) is 5.75 Å². The van der Waals surface area contributed by atoms with Crippen molar-refractivity contribution in [2.45, 2.75) is 13.1 Å². The minimum atomic E-state index is -4.35. The highest BCUT2D eigenvalue weighted by atomic mass is 19.4.